The van der Waals surface area contributed by atoms with Crippen LogP contribution in [0.5, 0.6) is 0 Å². The number of likely N-dealkylation sites (tertiary alicyclic amines) is 1. The van der Waals surface area contributed by atoms with Gasteiger partial charge in [-0.1, -0.05) is 22.9 Å². The predicted octanol–water partition coefficient (Wildman–Crippen LogP) is 2.60. The predicted molar refractivity (Wildman–Crippen MR) is 74.6 cm³/mol. The molecule has 1 aliphatic heterocycles. The maximum Gasteiger partial charge on any atom is 0.253 e. The van der Waals surface area contributed by atoms with Gasteiger partial charge in [-0.3, -0.25) is 4.79 Å². The lowest BCUT2D eigenvalue weighted by molar-refractivity contribution is 0.0297. The van der Waals surface area contributed by atoms with Gasteiger partial charge in [0.15, 0.2) is 0 Å². The molecule has 18 heavy (non-hydrogen) atoms. The van der Waals surface area contributed by atoms with Crippen LogP contribution < -0.4 is 0 Å². The van der Waals surface area contributed by atoms with E-state index in [0.717, 1.165) is 15.6 Å². The number of hydrogen-bond acceptors (Lipinski definition) is 2. The first-order valence-electron chi connectivity index (χ1n) is 6.22. The van der Waals surface area contributed by atoms with Gasteiger partial charge in [0.25, 0.3) is 5.91 Å². The second-order valence-electron chi connectivity index (χ2n) is 5.05. The van der Waals surface area contributed by atoms with Crippen LogP contribution in [0, 0.1) is 12.8 Å². The van der Waals surface area contributed by atoms with E-state index in [9.17, 15) is 9.90 Å². The SMILES string of the molecule is Cc1cc(C(=O)N2CCC(O)C(C)C2)ccc1Br. The highest BCUT2D eigenvalue weighted by atomic mass is 79.9. The molecule has 1 fully saturated rings. The van der Waals surface area contributed by atoms with Crippen molar-refractivity contribution in [3.63, 3.8) is 0 Å². The van der Waals surface area contributed by atoms with E-state index in [2.05, 4.69) is 15.9 Å². The zero-order valence-corrected chi connectivity index (χ0v) is 12.3. The molecule has 0 radical (unpaired) electrons. The highest BCUT2D eigenvalue weighted by molar-refractivity contribution is 9.10. The number of amides is 1. The molecule has 2 atom stereocenters. The van der Waals surface area contributed by atoms with Crippen LogP contribution in [0.15, 0.2) is 22.7 Å². The summed E-state index contributed by atoms with van der Waals surface area (Å²) in [6, 6.07) is 5.65. The van der Waals surface area contributed by atoms with Gasteiger partial charge in [-0.05, 0) is 43.0 Å². The van der Waals surface area contributed by atoms with E-state index in [0.29, 0.717) is 19.5 Å². The van der Waals surface area contributed by atoms with Gasteiger partial charge in [-0.2, -0.15) is 0 Å². The van der Waals surface area contributed by atoms with Gasteiger partial charge in [-0.15, -0.1) is 0 Å². The van der Waals surface area contributed by atoms with Crippen LogP contribution >= 0.6 is 15.9 Å². The first-order chi connectivity index (χ1) is 8.49. The lowest BCUT2D eigenvalue weighted by Gasteiger charge is -2.34. The number of aliphatic hydroxyl groups excluding tert-OH is 1. The Morgan fingerprint density at radius 3 is 2.83 bits per heavy atom. The number of rotatable bonds is 1. The fourth-order valence-corrected chi connectivity index (χ4v) is 2.52. The number of halogens is 1. The molecule has 1 saturated heterocycles. The summed E-state index contributed by atoms with van der Waals surface area (Å²) in [6.45, 7) is 5.23. The summed E-state index contributed by atoms with van der Waals surface area (Å²) in [5.74, 6) is 0.212. The highest BCUT2D eigenvalue weighted by Crippen LogP contribution is 2.21. The number of nitrogens with zero attached hydrogens (tertiary/aromatic N) is 1. The molecule has 1 aromatic rings. The number of carbonyl (C=O) groups is 1. The maximum absolute atomic E-state index is 12.3. The van der Waals surface area contributed by atoms with Gasteiger partial charge in [0.05, 0.1) is 6.10 Å². The standard InChI is InChI=1S/C14H18BrNO2/c1-9-7-11(3-4-12(9)15)14(18)16-6-5-13(17)10(2)8-16/h3-4,7,10,13,17H,5-6,8H2,1-2H3. The van der Waals surface area contributed by atoms with Crippen molar-refractivity contribution in [2.45, 2.75) is 26.4 Å². The Bertz CT molecular complexity index is 461. The van der Waals surface area contributed by atoms with Crippen molar-refractivity contribution in [1.29, 1.82) is 0 Å². The van der Waals surface area contributed by atoms with Crippen LogP contribution in [0.4, 0.5) is 0 Å². The van der Waals surface area contributed by atoms with Crippen molar-refractivity contribution in [2.75, 3.05) is 13.1 Å². The molecule has 1 aromatic carbocycles. The molecule has 0 aliphatic carbocycles. The second-order valence-corrected chi connectivity index (χ2v) is 5.90. The molecule has 98 valence electrons. The molecule has 1 heterocycles. The molecule has 3 nitrogen and oxygen atoms in total. The highest BCUT2D eigenvalue weighted by Gasteiger charge is 2.27. The summed E-state index contributed by atoms with van der Waals surface area (Å²) in [4.78, 5) is 14.2. The van der Waals surface area contributed by atoms with E-state index in [1.807, 2.05) is 36.9 Å². The Hall–Kier alpha value is -0.870. The zero-order valence-electron chi connectivity index (χ0n) is 10.7. The van der Waals surface area contributed by atoms with Crippen molar-refractivity contribution < 1.29 is 9.90 Å². The number of piperidine rings is 1. The van der Waals surface area contributed by atoms with Crippen LogP contribution in [0.1, 0.15) is 29.3 Å². The average molecular weight is 312 g/mol. The molecule has 0 saturated carbocycles. The van der Waals surface area contributed by atoms with Crippen molar-refractivity contribution in [3.05, 3.63) is 33.8 Å². The lowest BCUT2D eigenvalue weighted by Crippen LogP contribution is -2.44. The summed E-state index contributed by atoms with van der Waals surface area (Å²) in [5.41, 5.74) is 1.78. The molecule has 1 aliphatic rings. The smallest absolute Gasteiger partial charge is 0.253 e. The Morgan fingerprint density at radius 1 is 1.50 bits per heavy atom. The van der Waals surface area contributed by atoms with Gasteiger partial charge in [0, 0.05) is 23.1 Å². The van der Waals surface area contributed by atoms with E-state index >= 15 is 0 Å². The van der Waals surface area contributed by atoms with Crippen LogP contribution in [-0.4, -0.2) is 35.1 Å². The zero-order chi connectivity index (χ0) is 13.3. The van der Waals surface area contributed by atoms with Crippen molar-refractivity contribution >= 4 is 21.8 Å². The third kappa shape index (κ3) is 2.75. The minimum Gasteiger partial charge on any atom is -0.393 e. The third-order valence-corrected chi connectivity index (χ3v) is 4.44. The maximum atomic E-state index is 12.3. The number of benzene rings is 1. The van der Waals surface area contributed by atoms with E-state index in [1.165, 1.54) is 0 Å². The van der Waals surface area contributed by atoms with Crippen molar-refractivity contribution in [1.82, 2.24) is 4.90 Å². The van der Waals surface area contributed by atoms with E-state index < -0.39 is 0 Å². The second kappa shape index (κ2) is 5.41. The van der Waals surface area contributed by atoms with E-state index in [-0.39, 0.29) is 17.9 Å². The molecule has 1 amide bonds. The van der Waals surface area contributed by atoms with Gasteiger partial charge in [0.1, 0.15) is 0 Å². The van der Waals surface area contributed by atoms with Gasteiger partial charge in [0.2, 0.25) is 0 Å². The van der Waals surface area contributed by atoms with Crippen LogP contribution in [0.2, 0.25) is 0 Å². The molecule has 1 N–H and O–H groups in total. The third-order valence-electron chi connectivity index (χ3n) is 3.55. The largest absolute Gasteiger partial charge is 0.393 e. The number of carbonyl (C=O) groups excluding carboxylic acids is 1. The molecule has 0 bridgehead atoms. The Balaban J connectivity index is 2.14. The van der Waals surface area contributed by atoms with Crippen molar-refractivity contribution in [2.24, 2.45) is 5.92 Å². The quantitative estimate of drug-likeness (QED) is 0.866. The Kier molecular flexibility index (Phi) is 4.07. The van der Waals surface area contributed by atoms with E-state index in [1.54, 1.807) is 0 Å². The number of aliphatic hydroxyl groups is 1. The van der Waals surface area contributed by atoms with Crippen molar-refractivity contribution in [3.8, 4) is 0 Å². The molecule has 2 unspecified atom stereocenters. The van der Waals surface area contributed by atoms with Crippen LogP contribution in [0.3, 0.4) is 0 Å². The van der Waals surface area contributed by atoms with Crippen LogP contribution in [-0.2, 0) is 0 Å². The molecular weight excluding hydrogens is 294 g/mol. The summed E-state index contributed by atoms with van der Waals surface area (Å²) in [7, 11) is 0. The Labute approximate surface area is 116 Å². The fourth-order valence-electron chi connectivity index (χ4n) is 2.28. The average Bonchev–Trinajstić information content (AvgIpc) is 2.35. The number of aryl methyl sites for hydroxylation is 1. The molecule has 0 aromatic heterocycles. The number of hydrogen-bond donors (Lipinski definition) is 1. The minimum absolute atomic E-state index is 0.0596. The normalized spacial score (nSPS) is 24.1. The lowest BCUT2D eigenvalue weighted by atomic mass is 9.96. The molecule has 0 spiro atoms. The minimum atomic E-state index is -0.277. The van der Waals surface area contributed by atoms with Crippen LogP contribution in [0.25, 0.3) is 0 Å². The van der Waals surface area contributed by atoms with Gasteiger partial charge >= 0.3 is 0 Å². The molecule has 4 heteroatoms. The summed E-state index contributed by atoms with van der Waals surface area (Å²) >= 11 is 3.43. The molecule has 2 rings (SSSR count). The first kappa shape index (κ1) is 13.6. The summed E-state index contributed by atoms with van der Waals surface area (Å²) in [5, 5.41) is 9.68. The van der Waals surface area contributed by atoms with Gasteiger partial charge in [-0.25, -0.2) is 0 Å². The molecular formula is C14H18BrNO2. The van der Waals surface area contributed by atoms with Gasteiger partial charge < -0.3 is 10.0 Å². The van der Waals surface area contributed by atoms with E-state index in [4.69, 9.17) is 0 Å². The summed E-state index contributed by atoms with van der Waals surface area (Å²) in [6.07, 6.45) is 0.392. The Morgan fingerprint density at radius 2 is 2.22 bits per heavy atom. The topological polar surface area (TPSA) is 40.5 Å². The fraction of sp³-hybridized carbons (Fsp3) is 0.500. The first-order valence-corrected chi connectivity index (χ1v) is 7.02. The monoisotopic (exact) mass is 311 g/mol. The summed E-state index contributed by atoms with van der Waals surface area (Å²) < 4.78 is 1.02.